The Hall–Kier alpha value is -2.67. The second-order valence-corrected chi connectivity index (χ2v) is 7.15. The number of hydrogen-bond acceptors (Lipinski definition) is 6. The molecule has 3 aromatic rings. The van der Waals surface area contributed by atoms with E-state index in [4.69, 9.17) is 20.2 Å². The number of aromatic nitrogens is 3. The summed E-state index contributed by atoms with van der Waals surface area (Å²) in [5.41, 5.74) is 9.20. The Kier molecular flexibility index (Phi) is 5.60. The van der Waals surface area contributed by atoms with Gasteiger partial charge in [-0.15, -0.1) is 0 Å². The lowest BCUT2D eigenvalue weighted by atomic mass is 10.1. The Balaban J connectivity index is 2.14. The highest BCUT2D eigenvalue weighted by atomic mass is 16.6. The number of nitrogen functional groups attached to an aromatic ring is 1. The van der Waals surface area contributed by atoms with Crippen LogP contribution in [-0.4, -0.2) is 40.3 Å². The van der Waals surface area contributed by atoms with Crippen molar-refractivity contribution >= 4 is 34.0 Å². The van der Waals surface area contributed by atoms with Crippen molar-refractivity contribution in [3.63, 3.8) is 0 Å². The number of aryl methyl sites for hydroxylation is 1. The second kappa shape index (κ2) is 7.92. The fourth-order valence-electron chi connectivity index (χ4n) is 3.04. The van der Waals surface area contributed by atoms with Crippen molar-refractivity contribution in [1.29, 1.82) is 0 Å². The van der Waals surface area contributed by atoms with E-state index in [-0.39, 0.29) is 11.7 Å². The Bertz CT molecular complexity index is 965. The molecule has 1 atom stereocenters. The van der Waals surface area contributed by atoms with Crippen molar-refractivity contribution in [2.24, 2.45) is 5.92 Å². The molecule has 0 spiro atoms. The van der Waals surface area contributed by atoms with E-state index in [0.717, 1.165) is 11.9 Å². The first-order chi connectivity index (χ1) is 12.9. The van der Waals surface area contributed by atoms with Crippen molar-refractivity contribution in [2.75, 3.05) is 19.5 Å². The molecule has 27 heavy (non-hydrogen) atoms. The second-order valence-electron chi connectivity index (χ2n) is 7.15. The Morgan fingerprint density at radius 1 is 1.19 bits per heavy atom. The van der Waals surface area contributed by atoms with E-state index in [1.165, 1.54) is 0 Å². The molecule has 0 radical (unpaired) electrons. The minimum atomic E-state index is -0.505. The van der Waals surface area contributed by atoms with Gasteiger partial charge in [0.1, 0.15) is 23.0 Å². The maximum Gasteiger partial charge on any atom is 0.344 e. The number of esters is 1. The maximum absolute atomic E-state index is 12.8. The van der Waals surface area contributed by atoms with Crippen molar-refractivity contribution < 1.29 is 14.3 Å². The van der Waals surface area contributed by atoms with Crippen molar-refractivity contribution in [2.45, 2.75) is 39.8 Å². The molecule has 0 aliphatic heterocycles. The largest absolute Gasteiger partial charge is 0.456 e. The molecule has 0 aliphatic carbocycles. The van der Waals surface area contributed by atoms with Gasteiger partial charge in [0.15, 0.2) is 5.65 Å². The summed E-state index contributed by atoms with van der Waals surface area (Å²) in [5.74, 6) is 0.331. The number of methoxy groups -OCH3 is 1. The minimum absolute atomic E-state index is 0.273. The first-order valence-electron chi connectivity index (χ1n) is 9.16. The van der Waals surface area contributed by atoms with Crippen LogP contribution in [-0.2, 0) is 16.0 Å². The van der Waals surface area contributed by atoms with Crippen LogP contribution in [0.1, 0.15) is 37.6 Å². The van der Waals surface area contributed by atoms with Crippen LogP contribution in [0.3, 0.4) is 0 Å². The predicted molar refractivity (Wildman–Crippen MR) is 106 cm³/mol. The molecule has 0 aliphatic rings. The quantitative estimate of drug-likeness (QED) is 0.641. The molecule has 7 nitrogen and oxygen atoms in total. The van der Waals surface area contributed by atoms with Gasteiger partial charge in [0.2, 0.25) is 0 Å². The van der Waals surface area contributed by atoms with Gasteiger partial charge in [-0.2, -0.15) is 0 Å². The number of carbonyl (C=O) groups excluding carboxylic acids is 1. The van der Waals surface area contributed by atoms with Gasteiger partial charge in [0, 0.05) is 13.7 Å². The number of nitrogens with two attached hydrogens (primary N) is 1. The number of carbonyl (C=O) groups is 1. The molecule has 2 heterocycles. The molecule has 0 fully saturated rings. The Labute approximate surface area is 158 Å². The van der Waals surface area contributed by atoms with Crippen LogP contribution < -0.4 is 5.73 Å². The van der Waals surface area contributed by atoms with Crippen LogP contribution in [0, 0.1) is 5.92 Å². The zero-order valence-electron chi connectivity index (χ0n) is 16.2. The molecule has 2 N–H and O–H groups in total. The van der Waals surface area contributed by atoms with Gasteiger partial charge in [0.25, 0.3) is 0 Å². The first-order valence-corrected chi connectivity index (χ1v) is 9.16. The van der Waals surface area contributed by atoms with Crippen LogP contribution in [0.25, 0.3) is 22.2 Å². The number of hydrogen-bond donors (Lipinski definition) is 1. The molecule has 0 amide bonds. The van der Waals surface area contributed by atoms with Gasteiger partial charge < -0.3 is 19.8 Å². The third-order valence-electron chi connectivity index (χ3n) is 4.44. The molecule has 0 unspecified atom stereocenters. The average molecular weight is 370 g/mol. The predicted octanol–water partition coefficient (Wildman–Crippen LogP) is 3.40. The zero-order chi connectivity index (χ0) is 19.6. The van der Waals surface area contributed by atoms with Crippen molar-refractivity contribution in [3.8, 4) is 0 Å². The summed E-state index contributed by atoms with van der Waals surface area (Å²) < 4.78 is 12.4. The van der Waals surface area contributed by atoms with Gasteiger partial charge >= 0.3 is 5.97 Å². The van der Waals surface area contributed by atoms with Crippen LogP contribution in [0.2, 0.25) is 0 Å². The lowest BCUT2D eigenvalue weighted by Gasteiger charge is -2.12. The van der Waals surface area contributed by atoms with Crippen LogP contribution in [0.4, 0.5) is 5.82 Å². The van der Waals surface area contributed by atoms with Crippen molar-refractivity contribution in [1.82, 2.24) is 14.5 Å². The molecule has 7 heteroatoms. The Morgan fingerprint density at radius 2 is 1.85 bits per heavy atom. The number of nitrogens with zero attached hydrogens (tertiary/aromatic N) is 3. The summed E-state index contributed by atoms with van der Waals surface area (Å²) in [6, 6.07) is 7.57. The molecule has 144 valence electrons. The van der Waals surface area contributed by atoms with Gasteiger partial charge in [-0.05, 0) is 31.4 Å². The molecular formula is C20H26N4O3. The van der Waals surface area contributed by atoms with Gasteiger partial charge in [0.05, 0.1) is 17.6 Å². The van der Waals surface area contributed by atoms with E-state index in [2.05, 4.69) is 18.8 Å². The van der Waals surface area contributed by atoms with E-state index in [9.17, 15) is 4.79 Å². The lowest BCUT2D eigenvalue weighted by molar-refractivity contribution is 0.0123. The van der Waals surface area contributed by atoms with Gasteiger partial charge in [-0.1, -0.05) is 26.0 Å². The van der Waals surface area contributed by atoms with Gasteiger partial charge in [-0.3, -0.25) is 0 Å². The number of anilines is 1. The van der Waals surface area contributed by atoms with E-state index >= 15 is 0 Å². The standard InChI is InChI=1S/C20H26N4O3/c1-12(2)9-10-24-18(21)16(20(25)27-13(3)11-26-4)17-19(24)23-15-8-6-5-7-14(15)22-17/h5-8,12-13H,9-11,21H2,1-4H3/t13-/m1/s1. The highest BCUT2D eigenvalue weighted by Crippen LogP contribution is 2.29. The number of rotatable bonds is 7. The molecule has 2 aromatic heterocycles. The lowest BCUT2D eigenvalue weighted by Crippen LogP contribution is -2.20. The molecule has 0 saturated heterocycles. The topological polar surface area (TPSA) is 92.3 Å². The summed E-state index contributed by atoms with van der Waals surface area (Å²) in [4.78, 5) is 22.2. The van der Waals surface area contributed by atoms with Crippen LogP contribution in [0.15, 0.2) is 24.3 Å². The summed E-state index contributed by atoms with van der Waals surface area (Å²) in [6.07, 6.45) is 0.529. The third kappa shape index (κ3) is 3.88. The highest BCUT2D eigenvalue weighted by molar-refractivity contribution is 6.08. The maximum atomic E-state index is 12.8. The minimum Gasteiger partial charge on any atom is -0.456 e. The SMILES string of the molecule is COC[C@@H](C)OC(=O)c1c(N)n(CCC(C)C)c2nc3ccccc3nc12. The number of para-hydroxylation sites is 2. The van der Waals surface area contributed by atoms with E-state index in [0.29, 0.717) is 41.6 Å². The summed E-state index contributed by atoms with van der Waals surface area (Å²) >= 11 is 0. The molecule has 0 bridgehead atoms. The number of ether oxygens (including phenoxy) is 2. The summed E-state index contributed by atoms with van der Waals surface area (Å²) in [5, 5.41) is 0. The summed E-state index contributed by atoms with van der Waals surface area (Å²) in [6.45, 7) is 7.03. The summed E-state index contributed by atoms with van der Waals surface area (Å²) in [7, 11) is 1.56. The zero-order valence-corrected chi connectivity index (χ0v) is 16.2. The fourth-order valence-corrected chi connectivity index (χ4v) is 3.04. The molecule has 0 saturated carbocycles. The number of benzene rings is 1. The molecular weight excluding hydrogens is 344 g/mol. The van der Waals surface area contributed by atoms with Gasteiger partial charge in [-0.25, -0.2) is 14.8 Å². The smallest absolute Gasteiger partial charge is 0.344 e. The Morgan fingerprint density at radius 3 is 2.48 bits per heavy atom. The monoisotopic (exact) mass is 370 g/mol. The van der Waals surface area contributed by atoms with E-state index in [1.54, 1.807) is 14.0 Å². The average Bonchev–Trinajstić information content (AvgIpc) is 2.88. The molecule has 3 rings (SSSR count). The third-order valence-corrected chi connectivity index (χ3v) is 4.44. The van der Waals surface area contributed by atoms with E-state index in [1.807, 2.05) is 28.8 Å². The first kappa shape index (κ1) is 19.1. The normalized spacial score (nSPS) is 12.8. The van der Waals surface area contributed by atoms with Crippen LogP contribution in [0.5, 0.6) is 0 Å². The fraction of sp³-hybridized carbons (Fsp3) is 0.450. The molecule has 1 aromatic carbocycles. The van der Waals surface area contributed by atoms with Crippen molar-refractivity contribution in [3.05, 3.63) is 29.8 Å². The highest BCUT2D eigenvalue weighted by Gasteiger charge is 2.26. The van der Waals surface area contributed by atoms with Crippen LogP contribution >= 0.6 is 0 Å². The number of fused-ring (bicyclic) bond motifs is 2. The van der Waals surface area contributed by atoms with E-state index < -0.39 is 5.97 Å².